The SMILES string of the molecule is CCc1ccc(C(=O)N2CCN(C(=O)CC(N)c3ccccc3)CC2)cc1.Cl. The first-order chi connectivity index (χ1) is 13.1. The standard InChI is InChI=1S/C22H27N3O2.ClH/c1-2-17-8-10-19(11-9-17)22(27)25-14-12-24(13-15-25)21(26)16-20(23)18-6-4-3-5-7-18;/h3-11,20H,2,12-16,23H2,1H3;1H. The molecule has 1 atom stereocenters. The van der Waals surface area contributed by atoms with Gasteiger partial charge in [-0.3, -0.25) is 9.59 Å². The second-order valence-corrected chi connectivity index (χ2v) is 6.94. The fourth-order valence-corrected chi connectivity index (χ4v) is 3.36. The molecule has 2 aromatic rings. The zero-order chi connectivity index (χ0) is 19.2. The van der Waals surface area contributed by atoms with Crippen LogP contribution in [0.3, 0.4) is 0 Å². The van der Waals surface area contributed by atoms with Gasteiger partial charge in [0.2, 0.25) is 5.91 Å². The van der Waals surface area contributed by atoms with Crippen molar-refractivity contribution < 1.29 is 9.59 Å². The van der Waals surface area contributed by atoms with E-state index in [0.717, 1.165) is 12.0 Å². The molecular weight excluding hydrogens is 374 g/mol. The Morgan fingerprint density at radius 2 is 1.50 bits per heavy atom. The van der Waals surface area contributed by atoms with Gasteiger partial charge in [0.15, 0.2) is 0 Å². The van der Waals surface area contributed by atoms with Gasteiger partial charge in [0, 0.05) is 44.2 Å². The Morgan fingerprint density at radius 3 is 2.07 bits per heavy atom. The predicted octanol–water partition coefficient (Wildman–Crippen LogP) is 3.05. The van der Waals surface area contributed by atoms with Gasteiger partial charge in [-0.05, 0) is 29.7 Å². The first-order valence-electron chi connectivity index (χ1n) is 9.55. The third-order valence-corrected chi connectivity index (χ3v) is 5.15. The first-order valence-corrected chi connectivity index (χ1v) is 9.55. The minimum Gasteiger partial charge on any atom is -0.339 e. The van der Waals surface area contributed by atoms with Gasteiger partial charge < -0.3 is 15.5 Å². The van der Waals surface area contributed by atoms with Crippen LogP contribution in [0.4, 0.5) is 0 Å². The molecule has 2 amide bonds. The predicted molar refractivity (Wildman–Crippen MR) is 114 cm³/mol. The molecule has 2 aromatic carbocycles. The summed E-state index contributed by atoms with van der Waals surface area (Å²) in [4.78, 5) is 28.8. The summed E-state index contributed by atoms with van der Waals surface area (Å²) in [5.74, 6) is 0.0801. The van der Waals surface area contributed by atoms with Crippen LogP contribution in [0, 0.1) is 0 Å². The number of nitrogens with zero attached hydrogens (tertiary/aromatic N) is 2. The molecule has 1 heterocycles. The van der Waals surface area contributed by atoms with E-state index in [9.17, 15) is 9.59 Å². The van der Waals surface area contributed by atoms with E-state index in [0.29, 0.717) is 31.7 Å². The molecule has 0 saturated carbocycles. The second-order valence-electron chi connectivity index (χ2n) is 6.94. The van der Waals surface area contributed by atoms with Crippen molar-refractivity contribution in [3.63, 3.8) is 0 Å². The van der Waals surface area contributed by atoms with Gasteiger partial charge in [0.1, 0.15) is 0 Å². The summed E-state index contributed by atoms with van der Waals surface area (Å²) in [6.45, 7) is 4.32. The van der Waals surface area contributed by atoms with Crippen molar-refractivity contribution in [2.75, 3.05) is 26.2 Å². The van der Waals surface area contributed by atoms with Crippen molar-refractivity contribution in [2.45, 2.75) is 25.8 Å². The smallest absolute Gasteiger partial charge is 0.253 e. The van der Waals surface area contributed by atoms with Crippen molar-refractivity contribution in [2.24, 2.45) is 5.73 Å². The zero-order valence-electron chi connectivity index (χ0n) is 16.2. The van der Waals surface area contributed by atoms with E-state index < -0.39 is 0 Å². The van der Waals surface area contributed by atoms with Gasteiger partial charge in [-0.25, -0.2) is 0 Å². The maximum absolute atomic E-state index is 12.6. The molecule has 1 unspecified atom stereocenters. The van der Waals surface area contributed by atoms with Gasteiger partial charge in [-0.15, -0.1) is 12.4 Å². The van der Waals surface area contributed by atoms with Crippen LogP contribution in [0.15, 0.2) is 54.6 Å². The molecule has 150 valence electrons. The van der Waals surface area contributed by atoms with Crippen molar-refractivity contribution in [3.8, 4) is 0 Å². The number of amides is 2. The monoisotopic (exact) mass is 401 g/mol. The Kier molecular flexibility index (Phi) is 8.03. The molecule has 2 N–H and O–H groups in total. The fraction of sp³-hybridized carbons (Fsp3) is 0.364. The average molecular weight is 402 g/mol. The average Bonchev–Trinajstić information content (AvgIpc) is 2.74. The number of halogens is 1. The lowest BCUT2D eigenvalue weighted by molar-refractivity contribution is -0.133. The van der Waals surface area contributed by atoms with Gasteiger partial charge in [0.05, 0.1) is 0 Å². The Bertz CT molecular complexity index is 772. The van der Waals surface area contributed by atoms with Crippen LogP contribution in [0.2, 0.25) is 0 Å². The molecule has 3 rings (SSSR count). The van der Waals surface area contributed by atoms with Crippen LogP contribution in [0.5, 0.6) is 0 Å². The van der Waals surface area contributed by atoms with Crippen molar-refractivity contribution in [3.05, 3.63) is 71.3 Å². The lowest BCUT2D eigenvalue weighted by Crippen LogP contribution is -2.51. The molecule has 0 aromatic heterocycles. The van der Waals surface area contributed by atoms with E-state index in [1.54, 1.807) is 0 Å². The summed E-state index contributed by atoms with van der Waals surface area (Å²) < 4.78 is 0. The first kappa shape index (κ1) is 21.9. The molecule has 1 aliphatic heterocycles. The molecule has 0 radical (unpaired) electrons. The van der Waals surface area contributed by atoms with Gasteiger partial charge in [0.25, 0.3) is 5.91 Å². The summed E-state index contributed by atoms with van der Waals surface area (Å²) in [6, 6.07) is 17.1. The number of piperazine rings is 1. The Hall–Kier alpha value is -2.37. The molecule has 6 heteroatoms. The van der Waals surface area contributed by atoms with Crippen molar-refractivity contribution in [1.82, 2.24) is 9.80 Å². The highest BCUT2D eigenvalue weighted by atomic mass is 35.5. The zero-order valence-corrected chi connectivity index (χ0v) is 17.0. The second kappa shape index (κ2) is 10.2. The lowest BCUT2D eigenvalue weighted by Gasteiger charge is -2.35. The number of hydrogen-bond donors (Lipinski definition) is 1. The van der Waals surface area contributed by atoms with E-state index in [-0.39, 0.29) is 36.7 Å². The van der Waals surface area contributed by atoms with Crippen LogP contribution >= 0.6 is 12.4 Å². The van der Waals surface area contributed by atoms with E-state index in [1.807, 2.05) is 64.4 Å². The van der Waals surface area contributed by atoms with Gasteiger partial charge in [-0.1, -0.05) is 49.4 Å². The number of nitrogens with two attached hydrogens (primary N) is 1. The Labute approximate surface area is 172 Å². The van der Waals surface area contributed by atoms with Crippen LogP contribution in [-0.2, 0) is 11.2 Å². The third-order valence-electron chi connectivity index (χ3n) is 5.15. The summed E-state index contributed by atoms with van der Waals surface area (Å²) in [5, 5.41) is 0. The molecule has 1 fully saturated rings. The minimum atomic E-state index is -0.296. The maximum atomic E-state index is 12.6. The number of carbonyl (C=O) groups is 2. The van der Waals surface area contributed by atoms with Gasteiger partial charge >= 0.3 is 0 Å². The summed E-state index contributed by atoms with van der Waals surface area (Å²) in [5.41, 5.74) is 9.06. The number of aryl methyl sites for hydroxylation is 1. The van der Waals surface area contributed by atoms with E-state index >= 15 is 0 Å². The number of benzene rings is 2. The molecule has 1 aliphatic rings. The maximum Gasteiger partial charge on any atom is 0.253 e. The van der Waals surface area contributed by atoms with Crippen LogP contribution in [0.1, 0.15) is 40.9 Å². The Balaban J connectivity index is 0.00000280. The molecule has 28 heavy (non-hydrogen) atoms. The highest BCUT2D eigenvalue weighted by molar-refractivity contribution is 5.94. The van der Waals surface area contributed by atoms with E-state index in [4.69, 9.17) is 5.73 Å². The normalized spacial score (nSPS) is 14.9. The largest absolute Gasteiger partial charge is 0.339 e. The van der Waals surface area contributed by atoms with Crippen LogP contribution in [0.25, 0.3) is 0 Å². The molecule has 0 aliphatic carbocycles. The highest BCUT2D eigenvalue weighted by Crippen LogP contribution is 2.16. The van der Waals surface area contributed by atoms with E-state index in [1.165, 1.54) is 5.56 Å². The van der Waals surface area contributed by atoms with Gasteiger partial charge in [-0.2, -0.15) is 0 Å². The lowest BCUT2D eigenvalue weighted by atomic mass is 10.0. The number of carbonyl (C=O) groups excluding carboxylic acids is 2. The summed E-state index contributed by atoms with van der Waals surface area (Å²) >= 11 is 0. The number of hydrogen-bond acceptors (Lipinski definition) is 3. The molecule has 0 bridgehead atoms. The van der Waals surface area contributed by atoms with Crippen LogP contribution < -0.4 is 5.73 Å². The molecular formula is C22H28ClN3O2. The topological polar surface area (TPSA) is 66.6 Å². The minimum absolute atomic E-state index is 0. The number of rotatable bonds is 5. The third kappa shape index (κ3) is 5.33. The molecule has 0 spiro atoms. The highest BCUT2D eigenvalue weighted by Gasteiger charge is 2.25. The van der Waals surface area contributed by atoms with E-state index in [2.05, 4.69) is 6.92 Å². The van der Waals surface area contributed by atoms with Crippen LogP contribution in [-0.4, -0.2) is 47.8 Å². The van der Waals surface area contributed by atoms with Crippen molar-refractivity contribution >= 4 is 24.2 Å². The summed E-state index contributed by atoms with van der Waals surface area (Å²) in [7, 11) is 0. The van der Waals surface area contributed by atoms with Crippen molar-refractivity contribution in [1.29, 1.82) is 0 Å². The summed E-state index contributed by atoms with van der Waals surface area (Å²) in [6.07, 6.45) is 1.25. The Morgan fingerprint density at radius 1 is 0.929 bits per heavy atom. The molecule has 1 saturated heterocycles. The quantitative estimate of drug-likeness (QED) is 0.837. The molecule has 5 nitrogen and oxygen atoms in total. The fourth-order valence-electron chi connectivity index (χ4n) is 3.36.